The molecule has 1 fully saturated rings. The van der Waals surface area contributed by atoms with Gasteiger partial charge >= 0.3 is 0 Å². The first-order chi connectivity index (χ1) is 5.20. The van der Waals surface area contributed by atoms with Crippen LogP contribution in [0.4, 0.5) is 0 Å². The molecule has 1 rings (SSSR count). The zero-order valence-electron chi connectivity index (χ0n) is 6.25. The maximum absolute atomic E-state index is 10.5. The molecule has 0 spiro atoms. The van der Waals surface area contributed by atoms with Gasteiger partial charge in [-0.05, 0) is 19.3 Å². The van der Waals surface area contributed by atoms with Gasteiger partial charge in [0.1, 0.15) is 5.38 Å². The van der Waals surface area contributed by atoms with Gasteiger partial charge < -0.3 is 10.5 Å². The van der Waals surface area contributed by atoms with Crippen LogP contribution in [0.25, 0.3) is 0 Å². The molecule has 2 unspecified atom stereocenters. The summed E-state index contributed by atoms with van der Waals surface area (Å²) in [6, 6.07) is 0. The summed E-state index contributed by atoms with van der Waals surface area (Å²) < 4.78 is 5.28. The Balaban J connectivity index is 2.23. The van der Waals surface area contributed by atoms with Gasteiger partial charge in [-0.3, -0.25) is 4.79 Å². The highest BCUT2D eigenvalue weighted by molar-refractivity contribution is 6.30. The molecule has 0 radical (unpaired) electrons. The molecular formula is C7H12ClNO2. The molecule has 0 bridgehead atoms. The number of amides is 1. The van der Waals surface area contributed by atoms with Crippen molar-refractivity contribution in [2.24, 2.45) is 5.73 Å². The molecule has 1 aliphatic rings. The van der Waals surface area contributed by atoms with Crippen molar-refractivity contribution in [1.82, 2.24) is 0 Å². The van der Waals surface area contributed by atoms with Crippen LogP contribution in [-0.2, 0) is 9.53 Å². The topological polar surface area (TPSA) is 52.3 Å². The number of alkyl halides is 1. The van der Waals surface area contributed by atoms with Gasteiger partial charge in [0.25, 0.3) is 0 Å². The smallest absolute Gasteiger partial charge is 0.235 e. The molecule has 1 saturated heterocycles. The third-order valence-electron chi connectivity index (χ3n) is 1.80. The monoisotopic (exact) mass is 177 g/mol. The number of ether oxygens (including phenoxy) is 1. The summed E-state index contributed by atoms with van der Waals surface area (Å²) in [6.45, 7) is 0.785. The molecule has 1 amide bonds. The van der Waals surface area contributed by atoms with E-state index < -0.39 is 11.3 Å². The lowest BCUT2D eigenvalue weighted by molar-refractivity contribution is -0.118. The predicted molar refractivity (Wildman–Crippen MR) is 42.4 cm³/mol. The summed E-state index contributed by atoms with van der Waals surface area (Å²) in [5.41, 5.74) is 4.99. The van der Waals surface area contributed by atoms with Crippen LogP contribution in [0.5, 0.6) is 0 Å². The Labute approximate surface area is 70.8 Å². The molecule has 4 heteroatoms. The Morgan fingerprint density at radius 2 is 2.55 bits per heavy atom. The Morgan fingerprint density at radius 1 is 1.82 bits per heavy atom. The van der Waals surface area contributed by atoms with Crippen molar-refractivity contribution < 1.29 is 9.53 Å². The van der Waals surface area contributed by atoms with E-state index in [0.717, 1.165) is 19.4 Å². The fourth-order valence-corrected chi connectivity index (χ4v) is 1.38. The lowest BCUT2D eigenvalue weighted by Gasteiger charge is -2.10. The number of hydrogen-bond donors (Lipinski definition) is 1. The van der Waals surface area contributed by atoms with Crippen molar-refractivity contribution in [1.29, 1.82) is 0 Å². The van der Waals surface area contributed by atoms with Gasteiger partial charge in [-0.15, -0.1) is 11.6 Å². The average molecular weight is 178 g/mol. The van der Waals surface area contributed by atoms with E-state index in [0.29, 0.717) is 6.42 Å². The van der Waals surface area contributed by atoms with Gasteiger partial charge in [0, 0.05) is 6.61 Å². The van der Waals surface area contributed by atoms with Gasteiger partial charge in [-0.1, -0.05) is 0 Å². The van der Waals surface area contributed by atoms with E-state index in [9.17, 15) is 4.79 Å². The molecule has 0 aliphatic carbocycles. The van der Waals surface area contributed by atoms with Crippen LogP contribution >= 0.6 is 11.6 Å². The molecule has 0 aromatic carbocycles. The van der Waals surface area contributed by atoms with E-state index in [1.165, 1.54) is 0 Å². The quantitative estimate of drug-likeness (QED) is 0.644. The zero-order chi connectivity index (χ0) is 8.27. The van der Waals surface area contributed by atoms with Gasteiger partial charge in [-0.2, -0.15) is 0 Å². The lowest BCUT2D eigenvalue weighted by atomic mass is 10.1. The van der Waals surface area contributed by atoms with E-state index in [-0.39, 0.29) is 6.10 Å². The maximum atomic E-state index is 10.5. The Bertz CT molecular complexity index is 145. The van der Waals surface area contributed by atoms with Crippen LogP contribution in [0.3, 0.4) is 0 Å². The van der Waals surface area contributed by atoms with E-state index in [4.69, 9.17) is 22.1 Å². The van der Waals surface area contributed by atoms with Crippen molar-refractivity contribution in [3.8, 4) is 0 Å². The molecule has 2 atom stereocenters. The fourth-order valence-electron chi connectivity index (χ4n) is 1.18. The first-order valence-electron chi connectivity index (χ1n) is 3.75. The van der Waals surface area contributed by atoms with Crippen molar-refractivity contribution in [2.75, 3.05) is 6.61 Å². The third kappa shape index (κ3) is 2.67. The van der Waals surface area contributed by atoms with Crippen LogP contribution in [-0.4, -0.2) is 24.0 Å². The molecule has 3 nitrogen and oxygen atoms in total. The summed E-state index contributed by atoms with van der Waals surface area (Å²) in [5, 5.41) is -0.571. The van der Waals surface area contributed by atoms with Crippen molar-refractivity contribution >= 4 is 17.5 Å². The standard InChI is InChI=1S/C7H12ClNO2/c8-6(7(9)10)4-5-2-1-3-11-5/h5-6H,1-4H2,(H2,9,10). The van der Waals surface area contributed by atoms with Gasteiger partial charge in [0.05, 0.1) is 6.10 Å². The average Bonchev–Trinajstić information content (AvgIpc) is 2.39. The summed E-state index contributed by atoms with van der Waals surface area (Å²) in [7, 11) is 0. The number of carbonyl (C=O) groups is 1. The second-order valence-electron chi connectivity index (χ2n) is 2.74. The van der Waals surface area contributed by atoms with Gasteiger partial charge in [0.15, 0.2) is 0 Å². The molecule has 0 saturated carbocycles. The molecule has 0 aromatic heterocycles. The van der Waals surface area contributed by atoms with Crippen molar-refractivity contribution in [2.45, 2.75) is 30.7 Å². The zero-order valence-corrected chi connectivity index (χ0v) is 7.01. The molecule has 1 heterocycles. The Kier molecular flexibility index (Phi) is 3.15. The maximum Gasteiger partial charge on any atom is 0.235 e. The fraction of sp³-hybridized carbons (Fsp3) is 0.857. The first-order valence-corrected chi connectivity index (χ1v) is 4.19. The highest BCUT2D eigenvalue weighted by Crippen LogP contribution is 2.18. The Hall–Kier alpha value is -0.280. The summed E-state index contributed by atoms with van der Waals surface area (Å²) in [6.07, 6.45) is 2.76. The lowest BCUT2D eigenvalue weighted by Crippen LogP contribution is -2.27. The van der Waals surface area contributed by atoms with Crippen LogP contribution in [0, 0.1) is 0 Å². The third-order valence-corrected chi connectivity index (χ3v) is 2.20. The predicted octanol–water partition coefficient (Wildman–Crippen LogP) is 0.648. The Morgan fingerprint density at radius 3 is 3.00 bits per heavy atom. The molecule has 64 valence electrons. The molecule has 11 heavy (non-hydrogen) atoms. The normalized spacial score (nSPS) is 26.8. The van der Waals surface area contributed by atoms with E-state index in [2.05, 4.69) is 0 Å². The molecule has 0 aromatic rings. The number of carbonyl (C=O) groups excluding carboxylic acids is 1. The first kappa shape index (κ1) is 8.81. The molecule has 1 aliphatic heterocycles. The van der Waals surface area contributed by atoms with Crippen LogP contribution in [0.1, 0.15) is 19.3 Å². The number of rotatable bonds is 3. The van der Waals surface area contributed by atoms with Crippen LogP contribution in [0.2, 0.25) is 0 Å². The van der Waals surface area contributed by atoms with E-state index in [1.807, 2.05) is 0 Å². The number of nitrogens with two attached hydrogens (primary N) is 1. The SMILES string of the molecule is NC(=O)C(Cl)CC1CCCO1. The van der Waals surface area contributed by atoms with Gasteiger partial charge in [-0.25, -0.2) is 0 Å². The van der Waals surface area contributed by atoms with E-state index in [1.54, 1.807) is 0 Å². The highest BCUT2D eigenvalue weighted by atomic mass is 35.5. The van der Waals surface area contributed by atoms with E-state index >= 15 is 0 Å². The number of hydrogen-bond acceptors (Lipinski definition) is 2. The number of halogens is 1. The highest BCUT2D eigenvalue weighted by Gasteiger charge is 2.22. The molecular weight excluding hydrogens is 166 g/mol. The van der Waals surface area contributed by atoms with Crippen LogP contribution < -0.4 is 5.73 Å². The summed E-state index contributed by atoms with van der Waals surface area (Å²) in [4.78, 5) is 10.5. The minimum absolute atomic E-state index is 0.144. The molecule has 2 N–H and O–H groups in total. The van der Waals surface area contributed by atoms with Crippen molar-refractivity contribution in [3.05, 3.63) is 0 Å². The number of primary amides is 1. The minimum Gasteiger partial charge on any atom is -0.378 e. The van der Waals surface area contributed by atoms with Crippen molar-refractivity contribution in [3.63, 3.8) is 0 Å². The summed E-state index contributed by atoms with van der Waals surface area (Å²) in [5.74, 6) is -0.456. The second-order valence-corrected chi connectivity index (χ2v) is 3.27. The van der Waals surface area contributed by atoms with Crippen LogP contribution in [0.15, 0.2) is 0 Å². The summed E-state index contributed by atoms with van der Waals surface area (Å²) >= 11 is 5.64. The minimum atomic E-state index is -0.571. The second kappa shape index (κ2) is 3.93. The largest absolute Gasteiger partial charge is 0.378 e. The van der Waals surface area contributed by atoms with Gasteiger partial charge in [0.2, 0.25) is 5.91 Å².